The smallest absolute Gasteiger partial charge is 0.382 e. The van der Waals surface area contributed by atoms with Gasteiger partial charge in [0.2, 0.25) is 0 Å². The molecule has 1 aliphatic rings. The van der Waals surface area contributed by atoms with E-state index in [-0.39, 0.29) is 0 Å². The van der Waals surface area contributed by atoms with Crippen molar-refractivity contribution in [2.45, 2.75) is 24.5 Å². The quantitative estimate of drug-likeness (QED) is 0.786. The fraction of sp³-hybridized carbons (Fsp3) is 0.417. The molecule has 0 radical (unpaired) electrons. The summed E-state index contributed by atoms with van der Waals surface area (Å²) in [5, 5.41) is 0. The van der Waals surface area contributed by atoms with E-state index in [4.69, 9.17) is 5.73 Å². The Morgan fingerprint density at radius 2 is 2.05 bits per heavy atom. The van der Waals surface area contributed by atoms with Crippen molar-refractivity contribution in [2.24, 2.45) is 10.7 Å². The molecule has 0 saturated carbocycles. The molecule has 8 heteroatoms. The molecular formula is C12H11BrF4N2O. The van der Waals surface area contributed by atoms with Crippen LogP contribution in [0.4, 0.5) is 17.6 Å². The first-order chi connectivity index (χ1) is 9.08. The van der Waals surface area contributed by atoms with Gasteiger partial charge in [-0.05, 0) is 24.6 Å². The Kier molecular flexibility index (Phi) is 3.58. The van der Waals surface area contributed by atoms with E-state index < -0.39 is 30.0 Å². The highest BCUT2D eigenvalue weighted by molar-refractivity contribution is 9.10. The number of halogens is 5. The van der Waals surface area contributed by atoms with Crippen molar-refractivity contribution in [1.82, 2.24) is 0 Å². The first-order valence-electron chi connectivity index (χ1n) is 5.60. The SMILES string of the molecule is CC1(c2cccc(Br)c2)COC(F)(C(F)(F)F)C(N)=N1. The summed E-state index contributed by atoms with van der Waals surface area (Å²) in [5.41, 5.74) is 4.57. The minimum absolute atomic E-state index is 0.569. The number of rotatable bonds is 1. The Bertz CT molecular complexity index is 563. The Hall–Kier alpha value is -1.15. The predicted molar refractivity (Wildman–Crippen MR) is 69.0 cm³/mol. The van der Waals surface area contributed by atoms with Crippen LogP contribution < -0.4 is 5.73 Å². The maximum absolute atomic E-state index is 13.8. The van der Waals surface area contributed by atoms with E-state index in [9.17, 15) is 17.6 Å². The van der Waals surface area contributed by atoms with Gasteiger partial charge in [0.15, 0.2) is 5.84 Å². The van der Waals surface area contributed by atoms with Crippen molar-refractivity contribution >= 4 is 21.8 Å². The van der Waals surface area contributed by atoms with E-state index in [0.717, 1.165) is 4.47 Å². The second-order valence-electron chi connectivity index (χ2n) is 4.66. The minimum atomic E-state index is -5.26. The number of amidine groups is 1. The molecule has 110 valence electrons. The van der Waals surface area contributed by atoms with Crippen molar-refractivity contribution in [1.29, 1.82) is 0 Å². The molecule has 2 atom stereocenters. The molecule has 0 aromatic heterocycles. The van der Waals surface area contributed by atoms with Crippen LogP contribution >= 0.6 is 15.9 Å². The summed E-state index contributed by atoms with van der Waals surface area (Å²) < 4.78 is 56.8. The number of hydrogen-bond acceptors (Lipinski definition) is 3. The molecule has 0 fully saturated rings. The van der Waals surface area contributed by atoms with E-state index in [0.29, 0.717) is 5.56 Å². The summed E-state index contributed by atoms with van der Waals surface area (Å²) in [5.74, 6) is -5.25. The maximum Gasteiger partial charge on any atom is 0.456 e. The first-order valence-corrected chi connectivity index (χ1v) is 6.39. The van der Waals surface area contributed by atoms with Crippen molar-refractivity contribution < 1.29 is 22.3 Å². The molecule has 0 aliphatic carbocycles. The predicted octanol–water partition coefficient (Wildman–Crippen LogP) is 3.28. The van der Waals surface area contributed by atoms with E-state index in [1.165, 1.54) is 6.92 Å². The van der Waals surface area contributed by atoms with Crippen LogP contribution in [0.2, 0.25) is 0 Å². The molecule has 1 aliphatic heterocycles. The number of benzene rings is 1. The van der Waals surface area contributed by atoms with E-state index in [1.54, 1.807) is 24.3 Å². The van der Waals surface area contributed by atoms with Crippen LogP contribution in [-0.2, 0) is 10.3 Å². The summed E-state index contributed by atoms with van der Waals surface area (Å²) in [4.78, 5) is 3.70. The van der Waals surface area contributed by atoms with E-state index in [2.05, 4.69) is 25.7 Å². The van der Waals surface area contributed by atoms with Gasteiger partial charge in [0.05, 0.1) is 6.61 Å². The lowest BCUT2D eigenvalue weighted by molar-refractivity contribution is -0.306. The highest BCUT2D eigenvalue weighted by Crippen LogP contribution is 2.42. The molecule has 0 saturated heterocycles. The van der Waals surface area contributed by atoms with Crippen LogP contribution in [-0.4, -0.2) is 24.5 Å². The van der Waals surface area contributed by atoms with Crippen LogP contribution in [0.15, 0.2) is 33.7 Å². The van der Waals surface area contributed by atoms with Crippen molar-refractivity contribution in [3.8, 4) is 0 Å². The number of ether oxygens (including phenoxy) is 1. The van der Waals surface area contributed by atoms with Gasteiger partial charge in [-0.25, -0.2) is 0 Å². The third-order valence-electron chi connectivity index (χ3n) is 3.06. The van der Waals surface area contributed by atoms with Crippen LogP contribution in [0.5, 0.6) is 0 Å². The normalized spacial score (nSPS) is 31.0. The van der Waals surface area contributed by atoms with Gasteiger partial charge < -0.3 is 10.5 Å². The standard InChI is InChI=1S/C12H11BrF4N2O/c1-10(7-3-2-4-8(13)5-7)6-20-11(14,9(18)19-10)12(15,16)17/h2-5H,6H2,1H3,(H2,18,19). The highest BCUT2D eigenvalue weighted by Gasteiger charge is 2.63. The average Bonchev–Trinajstić information content (AvgIpc) is 2.33. The summed E-state index contributed by atoms with van der Waals surface area (Å²) in [6.07, 6.45) is -5.26. The fourth-order valence-electron chi connectivity index (χ4n) is 1.88. The maximum atomic E-state index is 13.8. The molecule has 0 bridgehead atoms. The Labute approximate surface area is 120 Å². The summed E-state index contributed by atoms with van der Waals surface area (Å²) in [6.45, 7) is 0.956. The molecule has 2 rings (SSSR count). The third kappa shape index (κ3) is 2.42. The molecule has 1 heterocycles. The topological polar surface area (TPSA) is 47.6 Å². The molecule has 1 aromatic rings. The average molecular weight is 355 g/mol. The van der Waals surface area contributed by atoms with Crippen LogP contribution in [0.1, 0.15) is 12.5 Å². The summed E-state index contributed by atoms with van der Waals surface area (Å²) >= 11 is 3.25. The highest BCUT2D eigenvalue weighted by atomic mass is 79.9. The van der Waals surface area contributed by atoms with Crippen molar-refractivity contribution in [2.75, 3.05) is 6.61 Å². The number of alkyl halides is 4. The Morgan fingerprint density at radius 1 is 1.40 bits per heavy atom. The van der Waals surface area contributed by atoms with Crippen LogP contribution in [0.25, 0.3) is 0 Å². The molecule has 20 heavy (non-hydrogen) atoms. The second kappa shape index (κ2) is 4.70. The van der Waals surface area contributed by atoms with Gasteiger partial charge >= 0.3 is 12.0 Å². The zero-order valence-electron chi connectivity index (χ0n) is 10.3. The van der Waals surface area contributed by atoms with Crippen LogP contribution in [0, 0.1) is 0 Å². The molecule has 1 aromatic carbocycles. The van der Waals surface area contributed by atoms with E-state index >= 15 is 0 Å². The lowest BCUT2D eigenvalue weighted by Crippen LogP contribution is -2.59. The number of hydrogen-bond donors (Lipinski definition) is 1. The van der Waals surface area contributed by atoms with Gasteiger partial charge in [-0.3, -0.25) is 4.99 Å². The number of aliphatic imine (C=N–C) groups is 1. The molecule has 0 spiro atoms. The molecule has 2 N–H and O–H groups in total. The van der Waals surface area contributed by atoms with E-state index in [1.807, 2.05) is 0 Å². The number of nitrogens with two attached hydrogens (primary N) is 1. The van der Waals surface area contributed by atoms with Crippen LogP contribution in [0.3, 0.4) is 0 Å². The lowest BCUT2D eigenvalue weighted by atomic mass is 9.92. The minimum Gasteiger partial charge on any atom is -0.382 e. The van der Waals surface area contributed by atoms with Gasteiger partial charge in [-0.2, -0.15) is 17.6 Å². The van der Waals surface area contributed by atoms with Gasteiger partial charge in [0, 0.05) is 4.47 Å². The Morgan fingerprint density at radius 3 is 2.55 bits per heavy atom. The second-order valence-corrected chi connectivity index (χ2v) is 5.58. The van der Waals surface area contributed by atoms with Crippen molar-refractivity contribution in [3.05, 3.63) is 34.3 Å². The zero-order chi connectivity index (χ0) is 15.2. The van der Waals surface area contributed by atoms with Gasteiger partial charge in [0.25, 0.3) is 0 Å². The van der Waals surface area contributed by atoms with Gasteiger partial charge in [0.1, 0.15) is 5.54 Å². The summed E-state index contributed by atoms with van der Waals surface area (Å²) in [7, 11) is 0. The Balaban J connectivity index is 2.44. The molecule has 0 amide bonds. The van der Waals surface area contributed by atoms with Gasteiger partial charge in [-0.1, -0.05) is 28.1 Å². The number of nitrogens with zero attached hydrogens (tertiary/aromatic N) is 1. The lowest BCUT2D eigenvalue weighted by Gasteiger charge is -2.38. The third-order valence-corrected chi connectivity index (χ3v) is 3.55. The summed E-state index contributed by atoms with van der Waals surface area (Å²) in [6, 6.07) is 6.76. The molecule has 3 nitrogen and oxygen atoms in total. The fourth-order valence-corrected chi connectivity index (χ4v) is 2.28. The van der Waals surface area contributed by atoms with Gasteiger partial charge in [-0.15, -0.1) is 0 Å². The molecule has 2 unspecified atom stereocenters. The largest absolute Gasteiger partial charge is 0.456 e. The zero-order valence-corrected chi connectivity index (χ0v) is 11.9. The monoisotopic (exact) mass is 354 g/mol. The first kappa shape index (κ1) is 15.2. The van der Waals surface area contributed by atoms with Crippen molar-refractivity contribution in [3.63, 3.8) is 0 Å². The molecular weight excluding hydrogens is 344 g/mol.